The molecule has 2 heterocycles. The van der Waals surface area contributed by atoms with E-state index in [1.807, 2.05) is 25.2 Å². The molecule has 106 valence electrons. The fraction of sp³-hybridized carbons (Fsp3) is 0.0714. The summed E-state index contributed by atoms with van der Waals surface area (Å²) in [6.07, 6.45) is 1.16. The number of nitrogens with zero attached hydrogens (tertiary/aromatic N) is 3. The van der Waals surface area contributed by atoms with Crippen molar-refractivity contribution in [3.63, 3.8) is 0 Å². The second kappa shape index (κ2) is 5.12. The second-order valence-electron chi connectivity index (χ2n) is 4.43. The molecule has 0 aliphatic rings. The van der Waals surface area contributed by atoms with Crippen LogP contribution in [0, 0.1) is 0 Å². The number of aryl methyl sites for hydroxylation is 1. The van der Waals surface area contributed by atoms with Crippen LogP contribution in [0.4, 0.5) is 16.4 Å². The molecule has 0 fully saturated rings. The minimum atomic E-state index is -0.635. The molecule has 0 aliphatic carbocycles. The van der Waals surface area contributed by atoms with Crippen molar-refractivity contribution in [3.05, 3.63) is 42.6 Å². The lowest BCUT2D eigenvalue weighted by Crippen LogP contribution is -2.17. The van der Waals surface area contributed by atoms with Crippen molar-refractivity contribution in [2.24, 2.45) is 7.05 Å². The Labute approximate surface area is 120 Å². The highest BCUT2D eigenvalue weighted by Crippen LogP contribution is 2.24. The summed E-state index contributed by atoms with van der Waals surface area (Å²) in [6.45, 7) is 0. The van der Waals surface area contributed by atoms with Crippen LogP contribution in [0.25, 0.3) is 11.0 Å². The van der Waals surface area contributed by atoms with Gasteiger partial charge < -0.3 is 15.0 Å². The van der Waals surface area contributed by atoms with E-state index in [1.54, 1.807) is 29.0 Å². The Kier molecular flexibility index (Phi) is 3.15. The third-order valence-electron chi connectivity index (χ3n) is 2.92. The van der Waals surface area contributed by atoms with Crippen molar-refractivity contribution >= 4 is 28.8 Å². The number of fused-ring (bicyclic) bond motifs is 1. The van der Waals surface area contributed by atoms with Crippen molar-refractivity contribution in [1.82, 2.24) is 14.5 Å². The third-order valence-corrected chi connectivity index (χ3v) is 2.92. The van der Waals surface area contributed by atoms with Crippen molar-refractivity contribution in [2.75, 3.05) is 11.1 Å². The Balaban J connectivity index is 1.86. The summed E-state index contributed by atoms with van der Waals surface area (Å²) in [7, 11) is 1.82. The maximum atomic E-state index is 11.9. The predicted octanol–water partition coefficient (Wildman–Crippen LogP) is 2.16. The number of benzene rings is 1. The van der Waals surface area contributed by atoms with Crippen LogP contribution in [0.5, 0.6) is 5.88 Å². The average Bonchev–Trinajstić information content (AvgIpc) is 2.81. The van der Waals surface area contributed by atoms with E-state index < -0.39 is 6.09 Å². The highest BCUT2D eigenvalue weighted by atomic mass is 16.6. The van der Waals surface area contributed by atoms with E-state index in [0.717, 1.165) is 0 Å². The first kappa shape index (κ1) is 12.9. The first-order valence-electron chi connectivity index (χ1n) is 6.26. The largest absolute Gasteiger partial charge is 0.418 e. The van der Waals surface area contributed by atoms with Gasteiger partial charge in [0, 0.05) is 18.9 Å². The number of nitrogen functional groups attached to an aromatic ring is 1. The van der Waals surface area contributed by atoms with Crippen LogP contribution in [0.3, 0.4) is 0 Å². The minimum absolute atomic E-state index is 0.0480. The number of hydrogen-bond acceptors (Lipinski definition) is 5. The van der Waals surface area contributed by atoms with Gasteiger partial charge in [0.15, 0.2) is 0 Å². The lowest BCUT2D eigenvalue weighted by atomic mass is 10.3. The van der Waals surface area contributed by atoms with E-state index in [1.165, 1.54) is 0 Å². The van der Waals surface area contributed by atoms with Crippen LogP contribution in [-0.4, -0.2) is 20.6 Å². The normalized spacial score (nSPS) is 10.5. The Morgan fingerprint density at radius 3 is 2.76 bits per heavy atom. The number of anilines is 2. The van der Waals surface area contributed by atoms with Crippen LogP contribution in [-0.2, 0) is 7.05 Å². The molecule has 7 nitrogen and oxygen atoms in total. The molecule has 3 N–H and O–H groups in total. The molecule has 1 amide bonds. The van der Waals surface area contributed by atoms with Gasteiger partial charge in [0.1, 0.15) is 5.65 Å². The van der Waals surface area contributed by atoms with Crippen LogP contribution < -0.4 is 15.8 Å². The minimum Gasteiger partial charge on any atom is -0.390 e. The SMILES string of the molecule is Cn1ccc2c(OC(=O)Nc3ccccc3)nc(N)nc21. The van der Waals surface area contributed by atoms with E-state index in [9.17, 15) is 4.79 Å². The molecule has 0 radical (unpaired) electrons. The first-order valence-corrected chi connectivity index (χ1v) is 6.26. The van der Waals surface area contributed by atoms with E-state index in [2.05, 4.69) is 15.3 Å². The van der Waals surface area contributed by atoms with Crippen LogP contribution >= 0.6 is 0 Å². The molecule has 0 aliphatic heterocycles. The maximum absolute atomic E-state index is 11.9. The lowest BCUT2D eigenvalue weighted by molar-refractivity contribution is 0.214. The number of para-hydroxylation sites is 1. The molecule has 21 heavy (non-hydrogen) atoms. The Hall–Kier alpha value is -3.09. The molecular formula is C14H13N5O2. The molecule has 1 aromatic carbocycles. The Morgan fingerprint density at radius 1 is 1.24 bits per heavy atom. The molecule has 7 heteroatoms. The number of carbonyl (C=O) groups is 1. The number of rotatable bonds is 2. The van der Waals surface area contributed by atoms with Crippen LogP contribution in [0.1, 0.15) is 0 Å². The molecule has 0 spiro atoms. The molecule has 0 bridgehead atoms. The monoisotopic (exact) mass is 283 g/mol. The Morgan fingerprint density at radius 2 is 2.00 bits per heavy atom. The van der Waals surface area contributed by atoms with Gasteiger partial charge in [-0.2, -0.15) is 9.97 Å². The molecule has 0 atom stereocenters. The number of amides is 1. The van der Waals surface area contributed by atoms with Crippen LogP contribution in [0.2, 0.25) is 0 Å². The molecule has 0 saturated heterocycles. The average molecular weight is 283 g/mol. The molecule has 0 saturated carbocycles. The van der Waals surface area contributed by atoms with Crippen molar-refractivity contribution in [2.45, 2.75) is 0 Å². The fourth-order valence-electron chi connectivity index (χ4n) is 1.96. The highest BCUT2D eigenvalue weighted by Gasteiger charge is 2.14. The van der Waals surface area contributed by atoms with Crippen molar-refractivity contribution in [1.29, 1.82) is 0 Å². The van der Waals surface area contributed by atoms with Crippen molar-refractivity contribution < 1.29 is 9.53 Å². The van der Waals surface area contributed by atoms with Gasteiger partial charge in [-0.1, -0.05) is 18.2 Å². The summed E-state index contributed by atoms with van der Waals surface area (Å²) < 4.78 is 7.00. The lowest BCUT2D eigenvalue weighted by Gasteiger charge is -2.07. The van der Waals surface area contributed by atoms with Gasteiger partial charge in [0.2, 0.25) is 11.8 Å². The molecule has 3 rings (SSSR count). The third kappa shape index (κ3) is 2.62. The van der Waals surface area contributed by atoms with E-state index >= 15 is 0 Å². The van der Waals surface area contributed by atoms with Gasteiger partial charge in [0.25, 0.3) is 0 Å². The summed E-state index contributed by atoms with van der Waals surface area (Å²) in [4.78, 5) is 20.0. The topological polar surface area (TPSA) is 95.1 Å². The zero-order valence-corrected chi connectivity index (χ0v) is 11.3. The van der Waals surface area contributed by atoms with E-state index in [4.69, 9.17) is 10.5 Å². The summed E-state index contributed by atoms with van der Waals surface area (Å²) in [5.74, 6) is 0.179. The van der Waals surface area contributed by atoms with E-state index in [-0.39, 0.29) is 11.8 Å². The summed E-state index contributed by atoms with van der Waals surface area (Å²) >= 11 is 0. The number of nitrogens with one attached hydrogen (secondary N) is 1. The quantitative estimate of drug-likeness (QED) is 0.751. The predicted molar refractivity (Wildman–Crippen MR) is 79.0 cm³/mol. The summed E-state index contributed by atoms with van der Waals surface area (Å²) in [5.41, 5.74) is 6.87. The van der Waals surface area contributed by atoms with Crippen molar-refractivity contribution in [3.8, 4) is 5.88 Å². The van der Waals surface area contributed by atoms with Gasteiger partial charge in [0.05, 0.1) is 5.39 Å². The van der Waals surface area contributed by atoms with E-state index in [0.29, 0.717) is 16.7 Å². The van der Waals surface area contributed by atoms with Gasteiger partial charge >= 0.3 is 6.09 Å². The van der Waals surface area contributed by atoms with Gasteiger partial charge in [-0.25, -0.2) is 4.79 Å². The van der Waals surface area contributed by atoms with Gasteiger partial charge in [-0.05, 0) is 18.2 Å². The van der Waals surface area contributed by atoms with Crippen LogP contribution in [0.15, 0.2) is 42.6 Å². The fourth-order valence-corrected chi connectivity index (χ4v) is 1.96. The molecule has 3 aromatic rings. The number of ether oxygens (including phenoxy) is 1. The molecular weight excluding hydrogens is 270 g/mol. The number of nitrogens with two attached hydrogens (primary N) is 1. The molecule has 2 aromatic heterocycles. The van der Waals surface area contributed by atoms with Gasteiger partial charge in [-0.15, -0.1) is 0 Å². The zero-order chi connectivity index (χ0) is 14.8. The Bertz CT molecular complexity index is 798. The summed E-state index contributed by atoms with van der Waals surface area (Å²) in [6, 6.07) is 10.8. The smallest absolute Gasteiger partial charge is 0.390 e. The summed E-state index contributed by atoms with van der Waals surface area (Å²) in [5, 5.41) is 3.23. The maximum Gasteiger partial charge on any atom is 0.418 e. The first-order chi connectivity index (χ1) is 10.1. The zero-order valence-electron chi connectivity index (χ0n) is 11.3. The number of aromatic nitrogens is 3. The molecule has 0 unspecified atom stereocenters. The number of hydrogen-bond donors (Lipinski definition) is 2. The second-order valence-corrected chi connectivity index (χ2v) is 4.43. The highest BCUT2D eigenvalue weighted by molar-refractivity contribution is 5.90. The number of carbonyl (C=O) groups excluding carboxylic acids is 1. The standard InChI is InChI=1S/C14H13N5O2/c1-19-8-7-10-11(19)17-13(15)18-12(10)21-14(20)16-9-5-3-2-4-6-9/h2-8H,1H3,(H,16,20)(H2,15,17,18). The van der Waals surface area contributed by atoms with Gasteiger partial charge in [-0.3, -0.25) is 5.32 Å².